The van der Waals surface area contributed by atoms with Gasteiger partial charge in [0.15, 0.2) is 0 Å². The van der Waals surface area contributed by atoms with Gasteiger partial charge in [-0.25, -0.2) is 4.98 Å². The predicted molar refractivity (Wildman–Crippen MR) is 110 cm³/mol. The van der Waals surface area contributed by atoms with Crippen LogP contribution in [-0.4, -0.2) is 44.5 Å². The van der Waals surface area contributed by atoms with Crippen molar-refractivity contribution in [2.24, 2.45) is 0 Å². The first kappa shape index (κ1) is 18.9. The lowest BCUT2D eigenvalue weighted by molar-refractivity contribution is -0.136. The van der Waals surface area contributed by atoms with Crippen molar-refractivity contribution in [3.8, 4) is 0 Å². The van der Waals surface area contributed by atoms with Gasteiger partial charge in [-0.2, -0.15) is 0 Å². The number of benzene rings is 1. The molecule has 1 aromatic carbocycles. The second-order valence-electron chi connectivity index (χ2n) is 7.49. The van der Waals surface area contributed by atoms with Gasteiger partial charge in [0.05, 0.1) is 5.52 Å². The monoisotopic (exact) mass is 415 g/mol. The van der Waals surface area contributed by atoms with Gasteiger partial charge in [0.25, 0.3) is 11.8 Å². The summed E-state index contributed by atoms with van der Waals surface area (Å²) < 4.78 is 0. The van der Waals surface area contributed by atoms with Crippen LogP contribution in [0.5, 0.6) is 0 Å². The third-order valence-electron chi connectivity index (χ3n) is 5.51. The molecule has 0 bridgehead atoms. The number of hydrogen-bond acceptors (Lipinski definition) is 6. The molecule has 31 heavy (non-hydrogen) atoms. The van der Waals surface area contributed by atoms with E-state index in [2.05, 4.69) is 20.6 Å². The number of hydrogen-bond donors (Lipinski definition) is 2. The van der Waals surface area contributed by atoms with Crippen LogP contribution in [0.3, 0.4) is 0 Å². The molecule has 1 unspecified atom stereocenters. The van der Waals surface area contributed by atoms with Crippen molar-refractivity contribution in [1.29, 1.82) is 0 Å². The fourth-order valence-corrected chi connectivity index (χ4v) is 3.92. The van der Waals surface area contributed by atoms with Crippen molar-refractivity contribution in [2.45, 2.75) is 25.4 Å². The zero-order valence-electron chi connectivity index (χ0n) is 16.3. The van der Waals surface area contributed by atoms with Crippen LogP contribution in [0, 0.1) is 0 Å². The number of nitrogens with one attached hydrogen (secondary N) is 2. The zero-order valence-corrected chi connectivity index (χ0v) is 16.3. The Morgan fingerprint density at radius 3 is 2.84 bits per heavy atom. The summed E-state index contributed by atoms with van der Waals surface area (Å²) in [7, 11) is 0. The summed E-state index contributed by atoms with van der Waals surface area (Å²) >= 11 is 0. The Morgan fingerprint density at radius 2 is 2.00 bits per heavy atom. The van der Waals surface area contributed by atoms with Gasteiger partial charge >= 0.3 is 0 Å². The summed E-state index contributed by atoms with van der Waals surface area (Å²) in [6, 6.07) is 9.51. The summed E-state index contributed by atoms with van der Waals surface area (Å²) in [6.45, 7) is 0.287. The fraction of sp³-hybridized carbons (Fsp3) is 0.182. The van der Waals surface area contributed by atoms with Crippen LogP contribution in [0.2, 0.25) is 0 Å². The quantitative estimate of drug-likeness (QED) is 0.628. The number of pyridine rings is 2. The van der Waals surface area contributed by atoms with Crippen molar-refractivity contribution >= 4 is 40.2 Å². The summed E-state index contributed by atoms with van der Waals surface area (Å²) in [5.41, 5.74) is 2.56. The topological polar surface area (TPSA) is 121 Å². The van der Waals surface area contributed by atoms with Crippen molar-refractivity contribution in [3.63, 3.8) is 0 Å². The van der Waals surface area contributed by atoms with E-state index in [1.165, 1.54) is 4.90 Å². The largest absolute Gasteiger partial charge is 0.322 e. The number of imide groups is 1. The molecule has 1 atom stereocenters. The molecular weight excluding hydrogens is 398 g/mol. The second-order valence-corrected chi connectivity index (χ2v) is 7.49. The Bertz CT molecular complexity index is 1270. The number of amides is 4. The molecule has 1 saturated heterocycles. The zero-order chi connectivity index (χ0) is 21.5. The highest BCUT2D eigenvalue weighted by atomic mass is 16.2. The van der Waals surface area contributed by atoms with E-state index in [0.29, 0.717) is 23.2 Å². The molecule has 9 heteroatoms. The number of carbonyl (C=O) groups excluding carboxylic acids is 4. The maximum atomic E-state index is 12.9. The molecule has 1 fully saturated rings. The number of piperidine rings is 1. The van der Waals surface area contributed by atoms with Crippen molar-refractivity contribution in [3.05, 3.63) is 65.6 Å². The number of carbonyl (C=O) groups is 4. The van der Waals surface area contributed by atoms with E-state index >= 15 is 0 Å². The molecule has 4 amide bonds. The molecule has 2 aliphatic rings. The van der Waals surface area contributed by atoms with Crippen molar-refractivity contribution in [2.75, 3.05) is 5.32 Å². The van der Waals surface area contributed by atoms with E-state index in [1.807, 2.05) is 0 Å². The number of aromatic nitrogens is 2. The summed E-state index contributed by atoms with van der Waals surface area (Å²) in [5.74, 6) is -1.47. The lowest BCUT2D eigenvalue weighted by atomic mass is 10.0. The molecular formula is C22H17N5O4. The second kappa shape index (κ2) is 7.28. The minimum absolute atomic E-state index is 0.201. The summed E-state index contributed by atoms with van der Waals surface area (Å²) in [5, 5.41) is 5.88. The first-order chi connectivity index (χ1) is 15.0. The molecule has 0 spiro atoms. The predicted octanol–water partition coefficient (Wildman–Crippen LogP) is 1.64. The van der Waals surface area contributed by atoms with E-state index in [-0.39, 0.29) is 30.5 Å². The molecule has 3 aromatic rings. The number of rotatable bonds is 3. The first-order valence-corrected chi connectivity index (χ1v) is 9.79. The van der Waals surface area contributed by atoms with Gasteiger partial charge in [-0.15, -0.1) is 0 Å². The van der Waals surface area contributed by atoms with E-state index in [9.17, 15) is 19.2 Å². The molecule has 9 nitrogen and oxygen atoms in total. The third-order valence-corrected chi connectivity index (χ3v) is 5.51. The highest BCUT2D eigenvalue weighted by molar-refractivity contribution is 6.07. The summed E-state index contributed by atoms with van der Waals surface area (Å²) in [6.07, 6.45) is 3.78. The first-order valence-electron chi connectivity index (χ1n) is 9.79. The Hall–Kier alpha value is -4.14. The van der Waals surface area contributed by atoms with Crippen LogP contribution in [0.15, 0.2) is 48.8 Å². The van der Waals surface area contributed by atoms with Crippen LogP contribution in [0.25, 0.3) is 10.9 Å². The summed E-state index contributed by atoms with van der Waals surface area (Å²) in [4.78, 5) is 58.9. The highest BCUT2D eigenvalue weighted by Gasteiger charge is 2.39. The molecule has 0 aliphatic carbocycles. The van der Waals surface area contributed by atoms with Gasteiger partial charge in [-0.3, -0.25) is 29.5 Å². The van der Waals surface area contributed by atoms with Gasteiger partial charge in [0.2, 0.25) is 11.8 Å². The lowest BCUT2D eigenvalue weighted by Gasteiger charge is -2.29. The van der Waals surface area contributed by atoms with Gasteiger partial charge in [0.1, 0.15) is 11.7 Å². The van der Waals surface area contributed by atoms with Crippen molar-refractivity contribution < 1.29 is 19.2 Å². The number of fused-ring (bicyclic) bond motifs is 2. The van der Waals surface area contributed by atoms with Crippen LogP contribution < -0.4 is 10.6 Å². The van der Waals surface area contributed by atoms with Crippen LogP contribution in [0.1, 0.15) is 39.3 Å². The molecule has 5 rings (SSSR count). The molecule has 154 valence electrons. The Balaban J connectivity index is 1.35. The lowest BCUT2D eigenvalue weighted by Crippen LogP contribution is -2.52. The maximum Gasteiger partial charge on any atom is 0.274 e. The number of anilines is 1. The Kier molecular flexibility index (Phi) is 4.43. The SMILES string of the molecule is O=C1CCC(N2Cc3ccc(NC(=O)c4ccc5cnccc5n4)cc3C2=O)C(=O)N1. The van der Waals surface area contributed by atoms with E-state index in [1.54, 1.807) is 48.8 Å². The van der Waals surface area contributed by atoms with Gasteiger partial charge < -0.3 is 10.2 Å². The molecule has 0 radical (unpaired) electrons. The maximum absolute atomic E-state index is 12.9. The van der Waals surface area contributed by atoms with Gasteiger partial charge in [0, 0.05) is 42.0 Å². The molecule has 2 N–H and O–H groups in total. The Labute approximate surface area is 176 Å². The highest BCUT2D eigenvalue weighted by Crippen LogP contribution is 2.29. The normalized spacial score (nSPS) is 18.1. The molecule has 2 aliphatic heterocycles. The molecule has 0 saturated carbocycles. The number of nitrogens with zero attached hydrogens (tertiary/aromatic N) is 3. The fourth-order valence-electron chi connectivity index (χ4n) is 3.92. The van der Waals surface area contributed by atoms with E-state index < -0.39 is 17.9 Å². The van der Waals surface area contributed by atoms with Crippen molar-refractivity contribution in [1.82, 2.24) is 20.2 Å². The molecule has 2 aromatic heterocycles. The average molecular weight is 415 g/mol. The smallest absolute Gasteiger partial charge is 0.274 e. The van der Waals surface area contributed by atoms with E-state index in [0.717, 1.165) is 10.9 Å². The average Bonchev–Trinajstić information content (AvgIpc) is 3.09. The van der Waals surface area contributed by atoms with Crippen LogP contribution in [0.4, 0.5) is 5.69 Å². The third kappa shape index (κ3) is 3.39. The Morgan fingerprint density at radius 1 is 1.13 bits per heavy atom. The molecule has 4 heterocycles. The van der Waals surface area contributed by atoms with Gasteiger partial charge in [-0.05, 0) is 42.3 Å². The standard InChI is InChI=1S/C22H17N5O4/c28-19-6-5-18(21(30)26-19)27-11-13-1-3-14(9-15(13)22(27)31)24-20(29)17-4-2-12-10-23-8-7-16(12)25-17/h1-4,7-10,18H,5-6,11H2,(H,24,29)(H,26,28,30). The van der Waals surface area contributed by atoms with Crippen LogP contribution >= 0.6 is 0 Å². The van der Waals surface area contributed by atoms with Gasteiger partial charge in [-0.1, -0.05) is 6.07 Å². The minimum atomic E-state index is -0.674. The minimum Gasteiger partial charge on any atom is -0.322 e. The van der Waals surface area contributed by atoms with E-state index in [4.69, 9.17) is 0 Å². The van der Waals surface area contributed by atoms with Crippen LogP contribution in [-0.2, 0) is 16.1 Å².